The predicted octanol–water partition coefficient (Wildman–Crippen LogP) is 1.15. The summed E-state index contributed by atoms with van der Waals surface area (Å²) in [6, 6.07) is 0.0974. The van der Waals surface area contributed by atoms with E-state index in [4.69, 9.17) is 5.73 Å². The van der Waals surface area contributed by atoms with Crippen LogP contribution < -0.4 is 5.73 Å². The molecule has 1 aromatic rings. The molecule has 2 unspecified atom stereocenters. The summed E-state index contributed by atoms with van der Waals surface area (Å²) < 4.78 is 23.4. The van der Waals surface area contributed by atoms with Crippen molar-refractivity contribution < 1.29 is 8.42 Å². The first-order chi connectivity index (χ1) is 7.97. The SMILES string of the molecule is CC(N)Cc1csc(CC2CCCS2(=O)=O)n1. The summed E-state index contributed by atoms with van der Waals surface area (Å²) in [5.74, 6) is 0.343. The van der Waals surface area contributed by atoms with E-state index >= 15 is 0 Å². The van der Waals surface area contributed by atoms with Gasteiger partial charge in [-0.25, -0.2) is 13.4 Å². The van der Waals surface area contributed by atoms with Gasteiger partial charge in [-0.15, -0.1) is 11.3 Å². The van der Waals surface area contributed by atoms with Crippen molar-refractivity contribution >= 4 is 21.2 Å². The molecule has 0 spiro atoms. The van der Waals surface area contributed by atoms with Crippen LogP contribution in [-0.2, 0) is 22.7 Å². The minimum absolute atomic E-state index is 0.0974. The second-order valence-corrected chi connectivity index (χ2v) is 8.09. The van der Waals surface area contributed by atoms with Gasteiger partial charge in [0.05, 0.1) is 21.7 Å². The van der Waals surface area contributed by atoms with E-state index in [9.17, 15) is 8.42 Å². The van der Waals surface area contributed by atoms with Crippen molar-refractivity contribution in [2.75, 3.05) is 5.75 Å². The fraction of sp³-hybridized carbons (Fsp3) is 0.727. The van der Waals surface area contributed by atoms with Gasteiger partial charge in [-0.1, -0.05) is 0 Å². The fourth-order valence-electron chi connectivity index (χ4n) is 2.15. The van der Waals surface area contributed by atoms with Crippen LogP contribution in [0, 0.1) is 0 Å². The number of nitrogens with two attached hydrogens (primary N) is 1. The van der Waals surface area contributed by atoms with E-state index in [-0.39, 0.29) is 11.3 Å². The van der Waals surface area contributed by atoms with Crippen LogP contribution in [0.25, 0.3) is 0 Å². The molecule has 0 saturated carbocycles. The Morgan fingerprint density at radius 1 is 1.65 bits per heavy atom. The van der Waals surface area contributed by atoms with E-state index in [1.165, 1.54) is 0 Å². The third-order valence-electron chi connectivity index (χ3n) is 3.00. The monoisotopic (exact) mass is 274 g/mol. The van der Waals surface area contributed by atoms with Gasteiger partial charge in [0.25, 0.3) is 0 Å². The summed E-state index contributed by atoms with van der Waals surface area (Å²) in [6.07, 6.45) is 2.91. The molecule has 17 heavy (non-hydrogen) atoms. The van der Waals surface area contributed by atoms with Gasteiger partial charge in [0.1, 0.15) is 0 Å². The highest BCUT2D eigenvalue weighted by atomic mass is 32.2. The third-order valence-corrected chi connectivity index (χ3v) is 6.19. The van der Waals surface area contributed by atoms with Crippen LogP contribution in [0.2, 0.25) is 0 Å². The van der Waals surface area contributed by atoms with Crippen molar-refractivity contribution in [1.29, 1.82) is 0 Å². The highest BCUT2D eigenvalue weighted by molar-refractivity contribution is 7.92. The van der Waals surface area contributed by atoms with Gasteiger partial charge in [0.15, 0.2) is 9.84 Å². The molecule has 4 nitrogen and oxygen atoms in total. The van der Waals surface area contributed by atoms with E-state index in [1.54, 1.807) is 11.3 Å². The van der Waals surface area contributed by atoms with E-state index in [0.29, 0.717) is 12.2 Å². The number of thiazole rings is 1. The van der Waals surface area contributed by atoms with Crippen molar-refractivity contribution in [1.82, 2.24) is 4.98 Å². The Morgan fingerprint density at radius 2 is 2.41 bits per heavy atom. The average Bonchev–Trinajstić information content (AvgIpc) is 2.75. The lowest BCUT2D eigenvalue weighted by Gasteiger charge is -2.06. The van der Waals surface area contributed by atoms with Gasteiger partial charge in [0.2, 0.25) is 0 Å². The number of hydrogen-bond acceptors (Lipinski definition) is 5. The zero-order valence-electron chi connectivity index (χ0n) is 9.93. The molecular weight excluding hydrogens is 256 g/mol. The molecule has 1 aliphatic rings. The number of hydrogen-bond donors (Lipinski definition) is 1. The largest absolute Gasteiger partial charge is 0.328 e. The lowest BCUT2D eigenvalue weighted by Crippen LogP contribution is -2.19. The Kier molecular flexibility index (Phi) is 3.85. The van der Waals surface area contributed by atoms with E-state index in [1.807, 2.05) is 12.3 Å². The van der Waals surface area contributed by atoms with Gasteiger partial charge in [-0.3, -0.25) is 0 Å². The van der Waals surface area contributed by atoms with Crippen molar-refractivity contribution in [2.24, 2.45) is 5.73 Å². The lowest BCUT2D eigenvalue weighted by molar-refractivity contribution is 0.588. The predicted molar refractivity (Wildman–Crippen MR) is 70.0 cm³/mol. The van der Waals surface area contributed by atoms with Crippen LogP contribution in [-0.4, -0.2) is 30.4 Å². The normalized spacial score (nSPS) is 24.9. The molecule has 1 saturated heterocycles. The molecule has 0 bridgehead atoms. The van der Waals surface area contributed by atoms with Crippen molar-refractivity contribution in [3.63, 3.8) is 0 Å². The van der Waals surface area contributed by atoms with Crippen LogP contribution in [0.15, 0.2) is 5.38 Å². The first-order valence-electron chi connectivity index (χ1n) is 5.88. The van der Waals surface area contributed by atoms with Crippen molar-refractivity contribution in [3.05, 3.63) is 16.1 Å². The van der Waals surface area contributed by atoms with Crippen molar-refractivity contribution in [3.8, 4) is 0 Å². The smallest absolute Gasteiger partial charge is 0.153 e. The van der Waals surface area contributed by atoms with Crippen molar-refractivity contribution in [2.45, 2.75) is 43.9 Å². The van der Waals surface area contributed by atoms with Crippen LogP contribution >= 0.6 is 11.3 Å². The maximum Gasteiger partial charge on any atom is 0.153 e. The minimum atomic E-state index is -2.86. The highest BCUT2D eigenvalue weighted by Crippen LogP contribution is 2.25. The molecule has 96 valence electrons. The van der Waals surface area contributed by atoms with E-state index in [2.05, 4.69) is 4.98 Å². The van der Waals surface area contributed by atoms with Gasteiger partial charge in [-0.05, 0) is 19.8 Å². The highest BCUT2D eigenvalue weighted by Gasteiger charge is 2.31. The molecule has 0 radical (unpaired) electrons. The molecular formula is C11H18N2O2S2. The molecule has 0 amide bonds. The summed E-state index contributed by atoms with van der Waals surface area (Å²) in [6.45, 7) is 1.94. The molecule has 1 aromatic heterocycles. The maximum absolute atomic E-state index is 11.7. The Hall–Kier alpha value is -0.460. The number of nitrogens with zero attached hydrogens (tertiary/aromatic N) is 1. The Balaban J connectivity index is 2.02. The molecule has 1 fully saturated rings. The topological polar surface area (TPSA) is 73.1 Å². The Bertz CT molecular complexity index is 479. The van der Waals surface area contributed by atoms with Crippen LogP contribution in [0.5, 0.6) is 0 Å². The summed E-state index contributed by atoms with van der Waals surface area (Å²) >= 11 is 1.55. The van der Waals surface area contributed by atoms with E-state index < -0.39 is 9.84 Å². The fourth-order valence-corrected chi connectivity index (χ4v) is 4.98. The Labute approximate surface area is 106 Å². The standard InChI is InChI=1S/C11H18N2O2S2/c1-8(12)5-9-7-16-11(13-9)6-10-3-2-4-17(10,14)15/h7-8,10H,2-6,12H2,1H3. The van der Waals surface area contributed by atoms with Crippen LogP contribution in [0.4, 0.5) is 0 Å². The molecule has 2 atom stereocenters. The van der Waals surface area contributed by atoms with Gasteiger partial charge in [-0.2, -0.15) is 0 Å². The summed E-state index contributed by atoms with van der Waals surface area (Å²) in [5, 5.41) is 2.70. The quantitative estimate of drug-likeness (QED) is 0.894. The summed E-state index contributed by atoms with van der Waals surface area (Å²) in [7, 11) is -2.86. The summed E-state index contributed by atoms with van der Waals surface area (Å²) in [4.78, 5) is 4.45. The molecule has 0 aromatic carbocycles. The lowest BCUT2D eigenvalue weighted by atomic mass is 10.2. The number of rotatable bonds is 4. The second kappa shape index (κ2) is 5.04. The molecule has 2 N–H and O–H groups in total. The maximum atomic E-state index is 11.7. The Morgan fingerprint density at radius 3 is 3.00 bits per heavy atom. The first-order valence-corrected chi connectivity index (χ1v) is 8.47. The van der Waals surface area contributed by atoms with Gasteiger partial charge in [0, 0.05) is 24.3 Å². The molecule has 2 heterocycles. The molecule has 6 heteroatoms. The zero-order valence-corrected chi connectivity index (χ0v) is 11.6. The van der Waals surface area contributed by atoms with Crippen LogP contribution in [0.3, 0.4) is 0 Å². The van der Waals surface area contributed by atoms with Gasteiger partial charge >= 0.3 is 0 Å². The number of aromatic nitrogens is 1. The zero-order chi connectivity index (χ0) is 12.5. The summed E-state index contributed by atoms with van der Waals surface area (Å²) in [5.41, 5.74) is 6.69. The molecule has 2 rings (SSSR count). The first kappa shape index (κ1) is 13.0. The van der Waals surface area contributed by atoms with E-state index in [0.717, 1.165) is 30.0 Å². The molecule has 1 aliphatic heterocycles. The number of sulfone groups is 1. The average molecular weight is 274 g/mol. The van der Waals surface area contributed by atoms with Crippen LogP contribution in [0.1, 0.15) is 30.5 Å². The molecule has 0 aliphatic carbocycles. The third kappa shape index (κ3) is 3.26. The minimum Gasteiger partial charge on any atom is -0.328 e. The van der Waals surface area contributed by atoms with Gasteiger partial charge < -0.3 is 5.73 Å². The second-order valence-electron chi connectivity index (χ2n) is 4.75.